The van der Waals surface area contributed by atoms with Crippen LogP contribution in [0.3, 0.4) is 0 Å². The van der Waals surface area contributed by atoms with Gasteiger partial charge in [0.15, 0.2) is 6.61 Å². The van der Waals surface area contributed by atoms with Crippen LogP contribution >= 0.6 is 0 Å². The topological polar surface area (TPSA) is 59.5 Å². The molecule has 2 heterocycles. The van der Waals surface area contributed by atoms with Gasteiger partial charge in [-0.3, -0.25) is 9.78 Å². The van der Waals surface area contributed by atoms with E-state index >= 15 is 0 Å². The predicted molar refractivity (Wildman–Crippen MR) is 104 cm³/mol. The average Bonchev–Trinajstić information content (AvgIpc) is 2.65. The van der Waals surface area contributed by atoms with E-state index < -0.39 is 5.97 Å². The van der Waals surface area contributed by atoms with Crippen molar-refractivity contribution in [3.05, 3.63) is 53.7 Å². The third kappa shape index (κ3) is 4.73. The first kappa shape index (κ1) is 19.1. The third-order valence-electron chi connectivity index (χ3n) is 4.92. The van der Waals surface area contributed by atoms with E-state index in [2.05, 4.69) is 18.8 Å². The summed E-state index contributed by atoms with van der Waals surface area (Å²) in [5, 5.41) is 0. The van der Waals surface area contributed by atoms with Crippen LogP contribution in [-0.4, -0.2) is 41.5 Å². The lowest BCUT2D eigenvalue weighted by molar-refractivity contribution is -0.137. The van der Waals surface area contributed by atoms with Gasteiger partial charge in [-0.15, -0.1) is 0 Å². The van der Waals surface area contributed by atoms with Crippen LogP contribution in [0.5, 0.6) is 0 Å². The number of esters is 1. The Morgan fingerprint density at radius 1 is 1.07 bits per heavy atom. The maximum atomic E-state index is 12.4. The summed E-state index contributed by atoms with van der Waals surface area (Å²) in [6, 6.07) is 13.3. The van der Waals surface area contributed by atoms with E-state index in [1.807, 2.05) is 30.3 Å². The molecule has 1 aromatic carbocycles. The van der Waals surface area contributed by atoms with Crippen molar-refractivity contribution in [1.29, 1.82) is 0 Å². The summed E-state index contributed by atoms with van der Waals surface area (Å²) in [5.41, 5.74) is 2.78. The first-order valence-electron chi connectivity index (χ1n) is 9.42. The monoisotopic (exact) mass is 366 g/mol. The molecule has 2 atom stereocenters. The van der Waals surface area contributed by atoms with Crippen molar-refractivity contribution in [3.63, 3.8) is 0 Å². The van der Waals surface area contributed by atoms with Crippen LogP contribution < -0.4 is 0 Å². The Bertz CT molecular complexity index is 810. The van der Waals surface area contributed by atoms with E-state index in [1.165, 1.54) is 0 Å². The molecule has 0 aliphatic carbocycles. The number of aryl methyl sites for hydroxylation is 1. The number of carbonyl (C=O) groups excluding carboxylic acids is 2. The lowest BCUT2D eigenvalue weighted by Gasteiger charge is -2.34. The molecule has 1 aliphatic heterocycles. The largest absolute Gasteiger partial charge is 0.452 e. The van der Waals surface area contributed by atoms with Gasteiger partial charge in [-0.1, -0.05) is 44.2 Å². The van der Waals surface area contributed by atoms with E-state index in [9.17, 15) is 9.59 Å². The number of pyridine rings is 1. The summed E-state index contributed by atoms with van der Waals surface area (Å²) in [6.07, 6.45) is 1.13. The zero-order chi connectivity index (χ0) is 19.4. The highest BCUT2D eigenvalue weighted by atomic mass is 16.5. The number of carbonyl (C=O) groups is 2. The fourth-order valence-electron chi connectivity index (χ4n) is 3.71. The molecule has 1 amide bonds. The Morgan fingerprint density at radius 3 is 2.37 bits per heavy atom. The molecule has 1 aliphatic rings. The number of benzene rings is 1. The summed E-state index contributed by atoms with van der Waals surface area (Å²) in [5.74, 6) is 0.315. The normalized spacial score (nSPS) is 19.6. The minimum Gasteiger partial charge on any atom is -0.452 e. The second-order valence-electron chi connectivity index (χ2n) is 7.52. The van der Waals surface area contributed by atoms with Crippen LogP contribution in [0.4, 0.5) is 0 Å². The SMILES string of the molecule is Cc1nc(-c2ccccc2)ccc1C(=O)OCC(=O)N1C[C@H](C)C[C@H](C)C1. The lowest BCUT2D eigenvalue weighted by Crippen LogP contribution is -2.44. The molecule has 1 saturated heterocycles. The fraction of sp³-hybridized carbons (Fsp3) is 0.409. The molecule has 3 rings (SSSR count). The Kier molecular flexibility index (Phi) is 5.89. The molecule has 142 valence electrons. The van der Waals surface area contributed by atoms with Gasteiger partial charge in [-0.2, -0.15) is 0 Å². The van der Waals surface area contributed by atoms with Gasteiger partial charge in [0.05, 0.1) is 17.0 Å². The molecular weight excluding hydrogens is 340 g/mol. The van der Waals surface area contributed by atoms with Crippen LogP contribution in [0, 0.1) is 18.8 Å². The molecule has 0 N–H and O–H groups in total. The molecule has 27 heavy (non-hydrogen) atoms. The van der Waals surface area contributed by atoms with Crippen molar-refractivity contribution in [2.75, 3.05) is 19.7 Å². The zero-order valence-electron chi connectivity index (χ0n) is 16.1. The Labute approximate surface area is 160 Å². The van der Waals surface area contributed by atoms with E-state index in [0.29, 0.717) is 23.1 Å². The quantitative estimate of drug-likeness (QED) is 0.774. The maximum absolute atomic E-state index is 12.4. The van der Waals surface area contributed by atoms with E-state index in [4.69, 9.17) is 4.74 Å². The molecule has 0 unspecified atom stereocenters. The van der Waals surface area contributed by atoms with Crippen LogP contribution in [-0.2, 0) is 9.53 Å². The average molecular weight is 366 g/mol. The van der Waals surface area contributed by atoms with Gasteiger partial charge in [-0.05, 0) is 37.3 Å². The number of piperidine rings is 1. The van der Waals surface area contributed by atoms with Gasteiger partial charge in [-0.25, -0.2) is 4.79 Å². The van der Waals surface area contributed by atoms with E-state index in [1.54, 1.807) is 24.0 Å². The van der Waals surface area contributed by atoms with Crippen molar-refractivity contribution in [2.45, 2.75) is 27.2 Å². The highest BCUT2D eigenvalue weighted by molar-refractivity contribution is 5.92. The fourth-order valence-corrected chi connectivity index (χ4v) is 3.71. The number of amides is 1. The second kappa shape index (κ2) is 8.33. The lowest BCUT2D eigenvalue weighted by atomic mass is 9.92. The second-order valence-corrected chi connectivity index (χ2v) is 7.52. The number of aromatic nitrogens is 1. The zero-order valence-corrected chi connectivity index (χ0v) is 16.1. The van der Waals surface area contributed by atoms with Crippen molar-refractivity contribution < 1.29 is 14.3 Å². The molecule has 0 bridgehead atoms. The molecule has 1 aromatic heterocycles. The number of rotatable bonds is 4. The van der Waals surface area contributed by atoms with Gasteiger partial charge in [0, 0.05) is 18.7 Å². The summed E-state index contributed by atoms with van der Waals surface area (Å²) >= 11 is 0. The summed E-state index contributed by atoms with van der Waals surface area (Å²) in [6.45, 7) is 7.30. The van der Waals surface area contributed by atoms with Crippen LogP contribution in [0.1, 0.15) is 36.3 Å². The van der Waals surface area contributed by atoms with Crippen molar-refractivity contribution in [1.82, 2.24) is 9.88 Å². The molecule has 0 saturated carbocycles. The number of likely N-dealkylation sites (tertiary alicyclic amines) is 1. The predicted octanol–water partition coefficient (Wildman–Crippen LogP) is 3.72. The van der Waals surface area contributed by atoms with Gasteiger partial charge >= 0.3 is 5.97 Å². The van der Waals surface area contributed by atoms with Crippen LogP contribution in [0.15, 0.2) is 42.5 Å². The minimum absolute atomic E-state index is 0.131. The van der Waals surface area contributed by atoms with Gasteiger partial charge in [0.25, 0.3) is 5.91 Å². The van der Waals surface area contributed by atoms with E-state index in [0.717, 1.165) is 30.8 Å². The molecule has 0 spiro atoms. The third-order valence-corrected chi connectivity index (χ3v) is 4.92. The minimum atomic E-state index is -0.508. The Morgan fingerprint density at radius 2 is 1.74 bits per heavy atom. The molecule has 0 radical (unpaired) electrons. The summed E-state index contributed by atoms with van der Waals surface area (Å²) in [4.78, 5) is 31.1. The van der Waals surface area contributed by atoms with Crippen molar-refractivity contribution in [2.24, 2.45) is 11.8 Å². The van der Waals surface area contributed by atoms with E-state index in [-0.39, 0.29) is 12.5 Å². The number of hydrogen-bond donors (Lipinski definition) is 0. The van der Waals surface area contributed by atoms with Crippen molar-refractivity contribution in [3.8, 4) is 11.3 Å². The smallest absolute Gasteiger partial charge is 0.340 e. The number of ether oxygens (including phenoxy) is 1. The summed E-state index contributed by atoms with van der Waals surface area (Å²) < 4.78 is 5.27. The maximum Gasteiger partial charge on any atom is 0.340 e. The standard InChI is InChI=1S/C22H26N2O3/c1-15-11-16(2)13-24(12-15)21(25)14-27-22(26)19-9-10-20(23-17(19)3)18-7-5-4-6-8-18/h4-10,15-16H,11-14H2,1-3H3/t15-,16+. The number of hydrogen-bond acceptors (Lipinski definition) is 4. The highest BCUT2D eigenvalue weighted by Crippen LogP contribution is 2.21. The van der Waals surface area contributed by atoms with Crippen LogP contribution in [0.2, 0.25) is 0 Å². The molecular formula is C22H26N2O3. The van der Waals surface area contributed by atoms with Crippen LogP contribution in [0.25, 0.3) is 11.3 Å². The number of nitrogens with zero attached hydrogens (tertiary/aromatic N) is 2. The first-order valence-corrected chi connectivity index (χ1v) is 9.42. The van der Waals surface area contributed by atoms with Gasteiger partial charge < -0.3 is 9.64 Å². The summed E-state index contributed by atoms with van der Waals surface area (Å²) in [7, 11) is 0. The molecule has 5 heteroatoms. The highest BCUT2D eigenvalue weighted by Gasteiger charge is 2.26. The molecule has 2 aromatic rings. The molecule has 5 nitrogen and oxygen atoms in total. The van der Waals surface area contributed by atoms with Gasteiger partial charge in [0.1, 0.15) is 0 Å². The van der Waals surface area contributed by atoms with Crippen molar-refractivity contribution >= 4 is 11.9 Å². The first-order chi connectivity index (χ1) is 12.9. The van der Waals surface area contributed by atoms with Gasteiger partial charge in [0.2, 0.25) is 0 Å². The molecule has 1 fully saturated rings. The Hall–Kier alpha value is -2.69. The Balaban J connectivity index is 1.62.